The Kier molecular flexibility index (Phi) is 5.87. The highest BCUT2D eigenvalue weighted by atomic mass is 79.9. The van der Waals surface area contributed by atoms with Crippen molar-refractivity contribution in [1.82, 2.24) is 4.90 Å². The zero-order valence-electron chi connectivity index (χ0n) is 12.6. The van der Waals surface area contributed by atoms with Crippen LogP contribution in [0.2, 0.25) is 0 Å². The maximum absolute atomic E-state index is 9.95. The van der Waals surface area contributed by atoms with E-state index in [1.54, 1.807) is 14.2 Å². The first-order chi connectivity index (χ1) is 10.1. The summed E-state index contributed by atoms with van der Waals surface area (Å²) >= 11 is 3.37. The van der Waals surface area contributed by atoms with Crippen LogP contribution in [0.4, 0.5) is 0 Å². The Hall–Kier alpha value is -0.820. The summed E-state index contributed by atoms with van der Waals surface area (Å²) in [6, 6.07) is 3.80. The summed E-state index contributed by atoms with van der Waals surface area (Å²) in [7, 11) is 3.43. The lowest BCUT2D eigenvalue weighted by molar-refractivity contribution is -0.00461. The summed E-state index contributed by atoms with van der Waals surface area (Å²) in [5.41, 5.74) is 1.08. The van der Waals surface area contributed by atoms with Gasteiger partial charge >= 0.3 is 0 Å². The molecule has 1 saturated heterocycles. The molecular formula is C15H22BrNO4. The van der Waals surface area contributed by atoms with Crippen LogP contribution in [0.1, 0.15) is 12.5 Å². The number of phenols is 1. The zero-order chi connectivity index (χ0) is 15.4. The average Bonchev–Trinajstić information content (AvgIpc) is 2.86. The number of benzene rings is 1. The van der Waals surface area contributed by atoms with E-state index in [9.17, 15) is 5.11 Å². The number of rotatable bonds is 6. The van der Waals surface area contributed by atoms with Gasteiger partial charge in [-0.1, -0.05) is 0 Å². The molecule has 1 heterocycles. The summed E-state index contributed by atoms with van der Waals surface area (Å²) < 4.78 is 17.0. The second kappa shape index (κ2) is 7.45. The summed E-state index contributed by atoms with van der Waals surface area (Å²) in [5, 5.41) is 9.95. The lowest BCUT2D eigenvalue weighted by atomic mass is 10.2. The Bertz CT molecular complexity index is 471. The molecule has 1 aliphatic rings. The van der Waals surface area contributed by atoms with Crippen LogP contribution < -0.4 is 4.74 Å². The molecule has 0 radical (unpaired) electrons. The van der Waals surface area contributed by atoms with Crippen LogP contribution in [0.15, 0.2) is 16.6 Å². The lowest BCUT2D eigenvalue weighted by Gasteiger charge is -2.17. The Labute approximate surface area is 133 Å². The predicted molar refractivity (Wildman–Crippen MR) is 83.8 cm³/mol. The molecule has 0 amide bonds. The van der Waals surface area contributed by atoms with Gasteiger partial charge in [0.1, 0.15) is 0 Å². The number of nitrogens with zero attached hydrogens (tertiary/aromatic N) is 1. The maximum atomic E-state index is 9.95. The van der Waals surface area contributed by atoms with E-state index in [0.29, 0.717) is 16.8 Å². The van der Waals surface area contributed by atoms with E-state index in [1.165, 1.54) is 0 Å². The van der Waals surface area contributed by atoms with Crippen LogP contribution in [0.3, 0.4) is 0 Å². The van der Waals surface area contributed by atoms with Crippen molar-refractivity contribution >= 4 is 15.9 Å². The molecule has 1 aromatic rings. The van der Waals surface area contributed by atoms with Crippen LogP contribution in [0.5, 0.6) is 11.5 Å². The number of methoxy groups -OCH3 is 2. The quantitative estimate of drug-likeness (QED) is 0.844. The first kappa shape index (κ1) is 16.5. The number of hydrogen-bond acceptors (Lipinski definition) is 5. The van der Waals surface area contributed by atoms with Gasteiger partial charge in [0, 0.05) is 33.9 Å². The molecule has 1 fully saturated rings. The van der Waals surface area contributed by atoms with E-state index < -0.39 is 0 Å². The molecule has 0 saturated carbocycles. The van der Waals surface area contributed by atoms with Gasteiger partial charge in [-0.3, -0.25) is 4.90 Å². The smallest absolute Gasteiger partial charge is 0.172 e. The highest BCUT2D eigenvalue weighted by Gasteiger charge is 2.32. The minimum absolute atomic E-state index is 0.0990. The van der Waals surface area contributed by atoms with E-state index in [2.05, 4.69) is 20.8 Å². The van der Waals surface area contributed by atoms with Crippen molar-refractivity contribution in [2.45, 2.75) is 25.7 Å². The zero-order valence-corrected chi connectivity index (χ0v) is 14.2. The van der Waals surface area contributed by atoms with Gasteiger partial charge in [-0.15, -0.1) is 0 Å². The van der Waals surface area contributed by atoms with E-state index >= 15 is 0 Å². The SMILES string of the molecule is CCOc1cc(CN2CC(OC)C(OC)C2)cc(Br)c1O. The number of phenolic OH excluding ortho intramolecular Hbond substituents is 1. The first-order valence-electron chi connectivity index (χ1n) is 7.01. The number of ether oxygens (including phenoxy) is 3. The van der Waals surface area contributed by atoms with E-state index in [-0.39, 0.29) is 18.0 Å². The maximum Gasteiger partial charge on any atom is 0.172 e. The van der Waals surface area contributed by atoms with Gasteiger partial charge in [0.15, 0.2) is 11.5 Å². The van der Waals surface area contributed by atoms with Crippen LogP contribution in [-0.2, 0) is 16.0 Å². The van der Waals surface area contributed by atoms with Gasteiger partial charge in [0.2, 0.25) is 0 Å². The van der Waals surface area contributed by atoms with Crippen molar-refractivity contribution in [2.75, 3.05) is 33.9 Å². The van der Waals surface area contributed by atoms with Crippen LogP contribution in [0.25, 0.3) is 0 Å². The van der Waals surface area contributed by atoms with Gasteiger partial charge < -0.3 is 19.3 Å². The molecule has 6 heteroatoms. The Balaban J connectivity index is 2.10. The third-order valence-electron chi connectivity index (χ3n) is 3.69. The topological polar surface area (TPSA) is 51.2 Å². The molecule has 0 aromatic heterocycles. The fourth-order valence-corrected chi connectivity index (χ4v) is 3.13. The van der Waals surface area contributed by atoms with Gasteiger partial charge in [-0.2, -0.15) is 0 Å². The normalized spacial score (nSPS) is 22.7. The molecular weight excluding hydrogens is 338 g/mol. The number of hydrogen-bond donors (Lipinski definition) is 1. The van der Waals surface area contributed by atoms with E-state index in [4.69, 9.17) is 14.2 Å². The van der Waals surface area contributed by atoms with E-state index in [1.807, 2.05) is 19.1 Å². The molecule has 21 heavy (non-hydrogen) atoms. The molecule has 0 aliphatic carbocycles. The van der Waals surface area contributed by atoms with Gasteiger partial charge in [0.05, 0.1) is 23.3 Å². The molecule has 2 unspecified atom stereocenters. The first-order valence-corrected chi connectivity index (χ1v) is 7.80. The monoisotopic (exact) mass is 359 g/mol. The Morgan fingerprint density at radius 2 is 1.86 bits per heavy atom. The molecule has 0 spiro atoms. The second-order valence-corrected chi connectivity index (χ2v) is 5.95. The minimum atomic E-state index is 0.0990. The fourth-order valence-electron chi connectivity index (χ4n) is 2.64. The third-order valence-corrected chi connectivity index (χ3v) is 4.30. The Morgan fingerprint density at radius 1 is 1.24 bits per heavy atom. The highest BCUT2D eigenvalue weighted by molar-refractivity contribution is 9.10. The van der Waals surface area contributed by atoms with Crippen molar-refractivity contribution in [2.24, 2.45) is 0 Å². The molecule has 2 atom stereocenters. The summed E-state index contributed by atoms with van der Waals surface area (Å²) in [6.07, 6.45) is 0.198. The number of halogens is 1. The van der Waals surface area contributed by atoms with Gasteiger partial charge in [-0.25, -0.2) is 0 Å². The Morgan fingerprint density at radius 3 is 2.38 bits per heavy atom. The van der Waals surface area contributed by atoms with Crippen molar-refractivity contribution in [3.05, 3.63) is 22.2 Å². The minimum Gasteiger partial charge on any atom is -0.503 e. The van der Waals surface area contributed by atoms with Crippen LogP contribution >= 0.6 is 15.9 Å². The van der Waals surface area contributed by atoms with Crippen LogP contribution in [-0.4, -0.2) is 56.1 Å². The average molecular weight is 360 g/mol. The van der Waals surface area contributed by atoms with E-state index in [0.717, 1.165) is 25.2 Å². The van der Waals surface area contributed by atoms with Gasteiger partial charge in [0.25, 0.3) is 0 Å². The van der Waals surface area contributed by atoms with Crippen molar-refractivity contribution in [3.8, 4) is 11.5 Å². The summed E-state index contributed by atoms with van der Waals surface area (Å²) in [6.45, 7) is 4.84. The predicted octanol–water partition coefficient (Wildman–Crippen LogP) is 2.40. The van der Waals surface area contributed by atoms with Crippen molar-refractivity contribution in [3.63, 3.8) is 0 Å². The molecule has 0 bridgehead atoms. The molecule has 2 rings (SSSR count). The third kappa shape index (κ3) is 3.88. The van der Waals surface area contributed by atoms with Gasteiger partial charge in [-0.05, 0) is 40.5 Å². The molecule has 1 N–H and O–H groups in total. The largest absolute Gasteiger partial charge is 0.503 e. The molecule has 5 nitrogen and oxygen atoms in total. The highest BCUT2D eigenvalue weighted by Crippen LogP contribution is 2.36. The number of aromatic hydroxyl groups is 1. The molecule has 1 aliphatic heterocycles. The van der Waals surface area contributed by atoms with Crippen molar-refractivity contribution < 1.29 is 19.3 Å². The summed E-state index contributed by atoms with van der Waals surface area (Å²) in [5.74, 6) is 0.652. The lowest BCUT2D eigenvalue weighted by Crippen LogP contribution is -2.27. The second-order valence-electron chi connectivity index (χ2n) is 5.10. The van der Waals surface area contributed by atoms with Crippen molar-refractivity contribution in [1.29, 1.82) is 0 Å². The number of likely N-dealkylation sites (tertiary alicyclic amines) is 1. The summed E-state index contributed by atoms with van der Waals surface area (Å²) in [4.78, 5) is 2.27. The molecule has 1 aromatic carbocycles. The standard InChI is InChI=1S/C15H22BrNO4/c1-4-21-12-6-10(5-11(16)15(12)18)7-17-8-13(19-2)14(9-17)20-3/h5-6,13-14,18H,4,7-9H2,1-3H3. The fraction of sp³-hybridized carbons (Fsp3) is 0.600. The van der Waals surface area contributed by atoms with Crippen LogP contribution in [0, 0.1) is 0 Å². The molecule has 118 valence electrons.